The molecular formula is C8H8N4O2S3. The van der Waals surface area contributed by atoms with Gasteiger partial charge in [0.1, 0.15) is 15.9 Å². The Balaban J connectivity index is 2.45. The van der Waals surface area contributed by atoms with Gasteiger partial charge in [-0.3, -0.25) is 0 Å². The van der Waals surface area contributed by atoms with Crippen LogP contribution in [0.15, 0.2) is 23.1 Å². The molecule has 1 aromatic heterocycles. The molecule has 0 aliphatic rings. The normalized spacial score (nSPS) is 11.8. The lowest BCUT2D eigenvalue weighted by Gasteiger charge is -2.05. The highest BCUT2D eigenvalue weighted by Crippen LogP contribution is 2.20. The van der Waals surface area contributed by atoms with Gasteiger partial charge < -0.3 is 5.73 Å². The zero-order valence-corrected chi connectivity index (χ0v) is 10.9. The van der Waals surface area contributed by atoms with Crippen LogP contribution in [0.5, 0.6) is 0 Å². The number of nitrogens with two attached hydrogens (primary N) is 1. The lowest BCUT2D eigenvalue weighted by Crippen LogP contribution is -2.32. The van der Waals surface area contributed by atoms with E-state index in [4.69, 9.17) is 5.73 Å². The van der Waals surface area contributed by atoms with Crippen LogP contribution in [0.25, 0.3) is 11.0 Å². The lowest BCUT2D eigenvalue weighted by molar-refractivity contribution is 0.587. The van der Waals surface area contributed by atoms with Gasteiger partial charge in [-0.1, -0.05) is 18.3 Å². The highest BCUT2D eigenvalue weighted by Gasteiger charge is 2.19. The molecular weight excluding hydrogens is 280 g/mol. The number of rotatable bonds is 4. The van der Waals surface area contributed by atoms with E-state index < -0.39 is 10.0 Å². The van der Waals surface area contributed by atoms with E-state index in [1.54, 1.807) is 12.1 Å². The van der Waals surface area contributed by atoms with E-state index in [1.165, 1.54) is 6.07 Å². The van der Waals surface area contributed by atoms with Crippen LogP contribution < -0.4 is 10.5 Å². The summed E-state index contributed by atoms with van der Waals surface area (Å²) in [4.78, 5) is 0.164. The number of thiocarbonyl (C=S) groups is 1. The maximum absolute atomic E-state index is 12.0. The van der Waals surface area contributed by atoms with E-state index in [0.29, 0.717) is 11.0 Å². The van der Waals surface area contributed by atoms with Crippen LogP contribution in [0.2, 0.25) is 0 Å². The zero-order valence-electron chi connectivity index (χ0n) is 8.45. The summed E-state index contributed by atoms with van der Waals surface area (Å²) in [6.45, 7) is -0.0778. The lowest BCUT2D eigenvalue weighted by atomic mass is 10.3. The number of nitrogens with zero attached hydrogens (tertiary/aromatic N) is 2. The highest BCUT2D eigenvalue weighted by molar-refractivity contribution is 7.89. The number of sulfonamides is 1. The van der Waals surface area contributed by atoms with Crippen molar-refractivity contribution in [1.29, 1.82) is 0 Å². The van der Waals surface area contributed by atoms with Crippen molar-refractivity contribution in [2.45, 2.75) is 4.90 Å². The molecule has 1 aromatic carbocycles. The second kappa shape index (κ2) is 4.61. The third kappa shape index (κ3) is 2.57. The molecule has 0 spiro atoms. The number of benzene rings is 1. The molecule has 9 heteroatoms. The van der Waals surface area contributed by atoms with E-state index in [-0.39, 0.29) is 16.4 Å². The quantitative estimate of drug-likeness (QED) is 0.783. The predicted octanol–water partition coefficient (Wildman–Crippen LogP) is 0.256. The first-order valence-electron chi connectivity index (χ1n) is 4.50. The Hall–Kier alpha value is -1.16. The maximum atomic E-state index is 12.0. The summed E-state index contributed by atoms with van der Waals surface area (Å²) >= 11 is 5.58. The van der Waals surface area contributed by atoms with Gasteiger partial charge in [0.05, 0.1) is 23.3 Å². The Labute approximate surface area is 107 Å². The van der Waals surface area contributed by atoms with Crippen molar-refractivity contribution >= 4 is 50.0 Å². The van der Waals surface area contributed by atoms with Crippen molar-refractivity contribution in [1.82, 2.24) is 13.5 Å². The molecule has 0 atom stereocenters. The fourth-order valence-corrected chi connectivity index (χ4v) is 3.18. The number of hydrogen-bond acceptors (Lipinski definition) is 6. The summed E-state index contributed by atoms with van der Waals surface area (Å²) < 4.78 is 34.2. The molecule has 2 rings (SSSR count). The second-order valence-electron chi connectivity index (χ2n) is 3.18. The number of hydrogen-bond donors (Lipinski definition) is 2. The van der Waals surface area contributed by atoms with E-state index in [1.807, 2.05) is 0 Å². The molecule has 6 nitrogen and oxygen atoms in total. The topological polar surface area (TPSA) is 98.0 Å². The first-order chi connectivity index (χ1) is 8.00. The standard InChI is InChI=1S/C8H8N4O2S3/c9-7(15)4-10-17(13,14)6-3-1-2-5-8(6)12-16-11-5/h1-3,10H,4H2,(H2,9,15). The van der Waals surface area contributed by atoms with Crippen molar-refractivity contribution in [2.24, 2.45) is 5.73 Å². The Kier molecular flexibility index (Phi) is 3.33. The van der Waals surface area contributed by atoms with Gasteiger partial charge in [-0.25, -0.2) is 13.1 Å². The molecule has 0 aliphatic carbocycles. The van der Waals surface area contributed by atoms with Crippen LogP contribution in [-0.2, 0) is 10.0 Å². The fourth-order valence-electron chi connectivity index (χ4n) is 1.24. The summed E-state index contributed by atoms with van der Waals surface area (Å²) in [6.07, 6.45) is 0. The Bertz CT molecular complexity index is 664. The van der Waals surface area contributed by atoms with Crippen LogP contribution in [0.1, 0.15) is 0 Å². The van der Waals surface area contributed by atoms with Gasteiger partial charge in [0.15, 0.2) is 0 Å². The van der Waals surface area contributed by atoms with Crippen molar-refractivity contribution in [3.05, 3.63) is 18.2 Å². The Morgan fingerprint density at radius 2 is 2.24 bits per heavy atom. The molecule has 0 fully saturated rings. The molecule has 0 amide bonds. The Morgan fingerprint density at radius 1 is 1.47 bits per heavy atom. The monoisotopic (exact) mass is 288 g/mol. The summed E-state index contributed by atoms with van der Waals surface area (Å²) in [6, 6.07) is 4.77. The summed E-state index contributed by atoms with van der Waals surface area (Å²) in [5.74, 6) is 0. The van der Waals surface area contributed by atoms with Gasteiger partial charge in [-0.05, 0) is 12.1 Å². The molecule has 2 aromatic rings. The van der Waals surface area contributed by atoms with Gasteiger partial charge in [-0.15, -0.1) is 0 Å². The van der Waals surface area contributed by atoms with Crippen LogP contribution in [0.3, 0.4) is 0 Å². The molecule has 0 aliphatic heterocycles. The third-order valence-corrected chi connectivity index (χ3v) is 4.09. The van der Waals surface area contributed by atoms with Crippen LogP contribution >= 0.6 is 23.9 Å². The zero-order chi connectivity index (χ0) is 12.5. The van der Waals surface area contributed by atoms with Crippen molar-refractivity contribution in [3.8, 4) is 0 Å². The first-order valence-corrected chi connectivity index (χ1v) is 7.12. The van der Waals surface area contributed by atoms with Gasteiger partial charge in [0.25, 0.3) is 0 Å². The largest absolute Gasteiger partial charge is 0.392 e. The first kappa shape index (κ1) is 12.3. The minimum atomic E-state index is -3.67. The summed E-state index contributed by atoms with van der Waals surface area (Å²) in [5, 5.41) is 0. The summed E-state index contributed by atoms with van der Waals surface area (Å²) in [5.41, 5.74) is 6.15. The van der Waals surface area contributed by atoms with E-state index in [9.17, 15) is 8.42 Å². The SMILES string of the molecule is NC(=S)CNS(=O)(=O)c1cccc2nsnc12. The average Bonchev–Trinajstić information content (AvgIpc) is 2.74. The molecule has 0 saturated heterocycles. The molecule has 3 N–H and O–H groups in total. The van der Waals surface area contributed by atoms with Gasteiger partial charge in [0.2, 0.25) is 10.0 Å². The van der Waals surface area contributed by atoms with E-state index >= 15 is 0 Å². The van der Waals surface area contributed by atoms with E-state index in [2.05, 4.69) is 25.7 Å². The highest BCUT2D eigenvalue weighted by atomic mass is 32.2. The van der Waals surface area contributed by atoms with Crippen LogP contribution in [-0.4, -0.2) is 28.7 Å². The maximum Gasteiger partial charge on any atom is 0.243 e. The molecule has 0 radical (unpaired) electrons. The minimum absolute atomic E-state index is 0.0778. The average molecular weight is 288 g/mol. The fraction of sp³-hybridized carbons (Fsp3) is 0.125. The molecule has 90 valence electrons. The number of nitrogens with one attached hydrogen (secondary N) is 1. The number of aromatic nitrogens is 2. The van der Waals surface area contributed by atoms with E-state index in [0.717, 1.165) is 11.7 Å². The number of fused-ring (bicyclic) bond motifs is 1. The molecule has 0 bridgehead atoms. The van der Waals surface area contributed by atoms with Crippen LogP contribution in [0.4, 0.5) is 0 Å². The van der Waals surface area contributed by atoms with Gasteiger partial charge >= 0.3 is 0 Å². The van der Waals surface area contributed by atoms with Crippen LogP contribution in [0, 0.1) is 0 Å². The molecule has 0 saturated carbocycles. The summed E-state index contributed by atoms with van der Waals surface area (Å²) in [7, 11) is -3.67. The molecule has 0 unspecified atom stereocenters. The van der Waals surface area contributed by atoms with Gasteiger partial charge in [0, 0.05) is 0 Å². The molecule has 1 heterocycles. The van der Waals surface area contributed by atoms with Crippen molar-refractivity contribution in [3.63, 3.8) is 0 Å². The van der Waals surface area contributed by atoms with Crippen molar-refractivity contribution in [2.75, 3.05) is 6.54 Å². The Morgan fingerprint density at radius 3 is 2.94 bits per heavy atom. The predicted molar refractivity (Wildman–Crippen MR) is 69.4 cm³/mol. The molecule has 17 heavy (non-hydrogen) atoms. The third-order valence-electron chi connectivity index (χ3n) is 1.97. The van der Waals surface area contributed by atoms with Crippen molar-refractivity contribution < 1.29 is 8.42 Å². The minimum Gasteiger partial charge on any atom is -0.392 e. The smallest absolute Gasteiger partial charge is 0.243 e. The second-order valence-corrected chi connectivity index (χ2v) is 5.97. The van der Waals surface area contributed by atoms with Gasteiger partial charge in [-0.2, -0.15) is 8.75 Å².